The highest BCUT2D eigenvalue weighted by molar-refractivity contribution is 7.18. The molecule has 0 saturated heterocycles. The third-order valence-electron chi connectivity index (χ3n) is 4.92. The molecule has 0 amide bonds. The zero-order valence-corrected chi connectivity index (χ0v) is 15.4. The van der Waals surface area contributed by atoms with Crippen molar-refractivity contribution < 1.29 is 9.53 Å². The molecule has 24 heavy (non-hydrogen) atoms. The largest absolute Gasteiger partial charge is 0.457 e. The summed E-state index contributed by atoms with van der Waals surface area (Å²) in [4.78, 5) is 33.7. The first-order valence-corrected chi connectivity index (χ1v) is 9.47. The monoisotopic (exact) mass is 386 g/mol. The SMILES string of the molecule is C[C@]1(C(=O)OCc2nc3sc4c(c3c(=O)[nH]2)CCCC4)CC1(Cl)Cl. The number of thiophene rings is 1. The lowest BCUT2D eigenvalue weighted by molar-refractivity contribution is -0.151. The van der Waals surface area contributed by atoms with Crippen LogP contribution in [0.3, 0.4) is 0 Å². The van der Waals surface area contributed by atoms with Gasteiger partial charge in [0.05, 0.1) is 5.39 Å². The van der Waals surface area contributed by atoms with Gasteiger partial charge in [0.15, 0.2) is 0 Å². The number of nitrogens with one attached hydrogen (secondary N) is 1. The van der Waals surface area contributed by atoms with Crippen molar-refractivity contribution in [2.24, 2.45) is 5.41 Å². The van der Waals surface area contributed by atoms with Gasteiger partial charge in [0, 0.05) is 11.3 Å². The minimum Gasteiger partial charge on any atom is -0.457 e. The zero-order valence-electron chi connectivity index (χ0n) is 13.1. The summed E-state index contributed by atoms with van der Waals surface area (Å²) in [7, 11) is 0. The minimum atomic E-state index is -1.07. The molecule has 0 aromatic carbocycles. The summed E-state index contributed by atoms with van der Waals surface area (Å²) in [6.45, 7) is 1.58. The Kier molecular flexibility index (Phi) is 3.71. The van der Waals surface area contributed by atoms with Crippen LogP contribution in [0.15, 0.2) is 4.79 Å². The van der Waals surface area contributed by atoms with Crippen molar-refractivity contribution in [1.82, 2.24) is 9.97 Å². The van der Waals surface area contributed by atoms with E-state index in [1.165, 1.54) is 4.88 Å². The van der Waals surface area contributed by atoms with Gasteiger partial charge in [-0.2, -0.15) is 0 Å². The molecule has 1 fully saturated rings. The van der Waals surface area contributed by atoms with Crippen LogP contribution in [0.5, 0.6) is 0 Å². The molecular formula is C16H16Cl2N2O3S. The van der Waals surface area contributed by atoms with Gasteiger partial charge in [0.1, 0.15) is 27.0 Å². The number of alkyl halides is 2. The molecule has 8 heteroatoms. The summed E-state index contributed by atoms with van der Waals surface area (Å²) in [6.07, 6.45) is 4.56. The summed E-state index contributed by atoms with van der Waals surface area (Å²) in [5.41, 5.74) is 0.0907. The Labute approximate surface area is 152 Å². The first kappa shape index (κ1) is 16.4. The quantitative estimate of drug-likeness (QED) is 0.647. The maximum Gasteiger partial charge on any atom is 0.315 e. The zero-order chi connectivity index (χ0) is 17.1. The van der Waals surface area contributed by atoms with Crippen LogP contribution in [-0.4, -0.2) is 20.3 Å². The Morgan fingerprint density at radius 3 is 2.79 bits per heavy atom. The summed E-state index contributed by atoms with van der Waals surface area (Å²) < 4.78 is 4.19. The van der Waals surface area contributed by atoms with Gasteiger partial charge < -0.3 is 9.72 Å². The fourth-order valence-electron chi connectivity index (χ4n) is 3.19. The highest BCUT2D eigenvalue weighted by Crippen LogP contribution is 2.64. The van der Waals surface area contributed by atoms with Crippen LogP contribution in [0.1, 0.15) is 42.5 Å². The number of carbonyl (C=O) groups is 1. The topological polar surface area (TPSA) is 72.0 Å². The van der Waals surface area contributed by atoms with Crippen molar-refractivity contribution in [3.63, 3.8) is 0 Å². The van der Waals surface area contributed by atoms with Crippen LogP contribution in [-0.2, 0) is 29.0 Å². The summed E-state index contributed by atoms with van der Waals surface area (Å²) in [5.74, 6) is -0.126. The second-order valence-electron chi connectivity index (χ2n) is 6.69. The first-order valence-electron chi connectivity index (χ1n) is 7.90. The van der Waals surface area contributed by atoms with Crippen LogP contribution in [0.4, 0.5) is 0 Å². The predicted molar refractivity (Wildman–Crippen MR) is 93.8 cm³/mol. The first-order chi connectivity index (χ1) is 11.3. The molecule has 0 radical (unpaired) electrons. The van der Waals surface area contributed by atoms with Crippen molar-refractivity contribution in [2.75, 3.05) is 0 Å². The molecule has 0 bridgehead atoms. The van der Waals surface area contributed by atoms with E-state index in [-0.39, 0.29) is 12.2 Å². The molecule has 2 aliphatic rings. The fourth-order valence-corrected chi connectivity index (χ4v) is 5.16. The Morgan fingerprint density at radius 2 is 2.08 bits per heavy atom. The lowest BCUT2D eigenvalue weighted by atomic mass is 9.97. The number of hydrogen-bond donors (Lipinski definition) is 1. The number of ether oxygens (including phenoxy) is 1. The Balaban J connectivity index is 1.58. The lowest BCUT2D eigenvalue weighted by Gasteiger charge is -2.11. The van der Waals surface area contributed by atoms with Gasteiger partial charge in [0.2, 0.25) is 0 Å². The van der Waals surface area contributed by atoms with Gasteiger partial charge in [0.25, 0.3) is 5.56 Å². The highest BCUT2D eigenvalue weighted by atomic mass is 35.5. The number of aryl methyl sites for hydroxylation is 2. The van der Waals surface area contributed by atoms with Crippen molar-refractivity contribution in [3.05, 3.63) is 26.6 Å². The van der Waals surface area contributed by atoms with Crippen molar-refractivity contribution in [1.29, 1.82) is 0 Å². The van der Waals surface area contributed by atoms with Gasteiger partial charge in [-0.3, -0.25) is 9.59 Å². The third-order valence-corrected chi connectivity index (χ3v) is 7.21. The van der Waals surface area contributed by atoms with Crippen LogP contribution in [0.25, 0.3) is 10.2 Å². The van der Waals surface area contributed by atoms with Crippen molar-refractivity contribution in [2.45, 2.75) is 50.0 Å². The molecule has 1 atom stereocenters. The highest BCUT2D eigenvalue weighted by Gasteiger charge is 2.69. The molecule has 1 saturated carbocycles. The molecule has 128 valence electrons. The van der Waals surface area contributed by atoms with E-state index >= 15 is 0 Å². The van der Waals surface area contributed by atoms with E-state index in [1.54, 1.807) is 18.3 Å². The molecular weight excluding hydrogens is 371 g/mol. The third kappa shape index (κ3) is 2.47. The second-order valence-corrected chi connectivity index (χ2v) is 9.26. The molecule has 2 aromatic heterocycles. The molecule has 2 heterocycles. The average Bonchev–Trinajstić information content (AvgIpc) is 2.90. The molecule has 2 aromatic rings. The molecule has 1 N–H and O–H groups in total. The number of esters is 1. The van der Waals surface area contributed by atoms with E-state index in [4.69, 9.17) is 27.9 Å². The number of H-pyrrole nitrogens is 1. The van der Waals surface area contributed by atoms with Crippen molar-refractivity contribution in [3.8, 4) is 0 Å². The number of carbonyl (C=O) groups excluding carboxylic acids is 1. The normalized spacial score (nSPS) is 24.6. The molecule has 0 spiro atoms. The summed E-state index contributed by atoms with van der Waals surface area (Å²) in [6, 6.07) is 0. The standard InChI is InChI=1S/C16H16Cl2N2O3S/c1-15(7-16(15,17)18)14(22)23-6-10-19-12(21)11-8-4-2-3-5-9(8)24-13(11)20-10/h2-7H2,1H3,(H,19,20,21)/t15-/m1/s1. The predicted octanol–water partition coefficient (Wildman–Crippen LogP) is 3.49. The number of halogens is 2. The number of aromatic amines is 1. The van der Waals surface area contributed by atoms with E-state index in [2.05, 4.69) is 9.97 Å². The Hall–Kier alpha value is -1.11. The fraction of sp³-hybridized carbons (Fsp3) is 0.562. The maximum absolute atomic E-state index is 12.4. The van der Waals surface area contributed by atoms with Crippen LogP contribution in [0.2, 0.25) is 0 Å². The lowest BCUT2D eigenvalue weighted by Crippen LogP contribution is -2.22. The van der Waals surface area contributed by atoms with Crippen LogP contribution < -0.4 is 5.56 Å². The average molecular weight is 387 g/mol. The van der Waals surface area contributed by atoms with Crippen LogP contribution in [0, 0.1) is 5.41 Å². The number of nitrogens with zero attached hydrogens (tertiary/aromatic N) is 1. The molecule has 5 nitrogen and oxygen atoms in total. The number of rotatable bonds is 3. The summed E-state index contributed by atoms with van der Waals surface area (Å²) >= 11 is 13.5. The molecule has 0 aliphatic heterocycles. The van der Waals surface area contributed by atoms with Gasteiger partial charge in [-0.15, -0.1) is 34.5 Å². The number of aromatic nitrogens is 2. The van der Waals surface area contributed by atoms with Crippen molar-refractivity contribution >= 4 is 50.7 Å². The minimum absolute atomic E-state index is 0.0912. The maximum atomic E-state index is 12.4. The van der Waals surface area contributed by atoms with Gasteiger partial charge in [-0.1, -0.05) is 0 Å². The smallest absolute Gasteiger partial charge is 0.315 e. The van der Waals surface area contributed by atoms with Crippen LogP contribution >= 0.6 is 34.5 Å². The number of hydrogen-bond acceptors (Lipinski definition) is 5. The van der Waals surface area contributed by atoms with E-state index in [0.29, 0.717) is 17.6 Å². The molecule has 4 rings (SSSR count). The van der Waals surface area contributed by atoms with Gasteiger partial charge in [-0.25, -0.2) is 4.98 Å². The van der Waals surface area contributed by atoms with Gasteiger partial charge in [-0.05, 0) is 38.2 Å². The van der Waals surface area contributed by atoms with Gasteiger partial charge >= 0.3 is 5.97 Å². The van der Waals surface area contributed by atoms with E-state index < -0.39 is 15.7 Å². The Morgan fingerprint density at radius 1 is 1.38 bits per heavy atom. The Bertz CT molecular complexity index is 905. The molecule has 2 aliphatic carbocycles. The van der Waals surface area contributed by atoms with E-state index in [9.17, 15) is 9.59 Å². The summed E-state index contributed by atoms with van der Waals surface area (Å²) in [5, 5.41) is 0.694. The van der Waals surface area contributed by atoms with E-state index in [0.717, 1.165) is 36.1 Å². The molecule has 0 unspecified atom stereocenters. The second kappa shape index (κ2) is 5.44. The number of fused-ring (bicyclic) bond motifs is 3. The van der Waals surface area contributed by atoms with E-state index in [1.807, 2.05) is 0 Å².